The number of ether oxygens (including phenoxy) is 1. The first-order chi connectivity index (χ1) is 7.05. The molecule has 1 atom stereocenters. The van der Waals surface area contributed by atoms with Gasteiger partial charge in [0.2, 0.25) is 0 Å². The SMILES string of the molecule is CCOCC(C)(O)Cc1ccccc1F. The average molecular weight is 212 g/mol. The molecule has 15 heavy (non-hydrogen) atoms. The second-order valence-corrected chi connectivity index (χ2v) is 3.90. The Morgan fingerprint density at radius 1 is 1.40 bits per heavy atom. The van der Waals surface area contributed by atoms with Gasteiger partial charge >= 0.3 is 0 Å². The van der Waals surface area contributed by atoms with Crippen molar-refractivity contribution in [2.24, 2.45) is 0 Å². The summed E-state index contributed by atoms with van der Waals surface area (Å²) < 4.78 is 18.4. The number of hydrogen-bond acceptors (Lipinski definition) is 2. The molecular formula is C12H17FO2. The Bertz CT molecular complexity index is 310. The molecule has 1 rings (SSSR count). The third kappa shape index (κ3) is 3.98. The molecule has 1 N–H and O–H groups in total. The molecule has 0 aliphatic rings. The molecule has 0 aliphatic heterocycles. The zero-order valence-corrected chi connectivity index (χ0v) is 9.16. The molecule has 0 saturated heterocycles. The maximum absolute atomic E-state index is 13.3. The monoisotopic (exact) mass is 212 g/mol. The Labute approximate surface area is 89.7 Å². The first-order valence-electron chi connectivity index (χ1n) is 5.09. The van der Waals surface area contributed by atoms with Crippen LogP contribution in [0, 0.1) is 5.82 Å². The van der Waals surface area contributed by atoms with Gasteiger partial charge in [0.05, 0.1) is 12.2 Å². The quantitative estimate of drug-likeness (QED) is 0.810. The van der Waals surface area contributed by atoms with Gasteiger partial charge in [0, 0.05) is 13.0 Å². The topological polar surface area (TPSA) is 29.5 Å². The summed E-state index contributed by atoms with van der Waals surface area (Å²) >= 11 is 0. The predicted octanol–water partition coefficient (Wildman–Crippen LogP) is 2.16. The molecule has 0 saturated carbocycles. The molecule has 0 amide bonds. The smallest absolute Gasteiger partial charge is 0.126 e. The van der Waals surface area contributed by atoms with Crippen LogP contribution in [0.4, 0.5) is 4.39 Å². The van der Waals surface area contributed by atoms with Crippen molar-refractivity contribution in [2.75, 3.05) is 13.2 Å². The van der Waals surface area contributed by atoms with E-state index >= 15 is 0 Å². The molecule has 0 aliphatic carbocycles. The molecule has 0 aromatic heterocycles. The number of aliphatic hydroxyl groups is 1. The molecule has 1 unspecified atom stereocenters. The van der Waals surface area contributed by atoms with E-state index in [4.69, 9.17) is 4.74 Å². The molecule has 2 nitrogen and oxygen atoms in total. The Kier molecular flexibility index (Phi) is 4.24. The Morgan fingerprint density at radius 3 is 2.67 bits per heavy atom. The highest BCUT2D eigenvalue weighted by Gasteiger charge is 2.22. The van der Waals surface area contributed by atoms with Crippen molar-refractivity contribution in [2.45, 2.75) is 25.9 Å². The van der Waals surface area contributed by atoms with Gasteiger partial charge in [-0.3, -0.25) is 0 Å². The molecule has 0 heterocycles. The predicted molar refractivity (Wildman–Crippen MR) is 57.2 cm³/mol. The molecule has 3 heteroatoms. The van der Waals surface area contributed by atoms with E-state index in [-0.39, 0.29) is 18.8 Å². The highest BCUT2D eigenvalue weighted by Crippen LogP contribution is 2.16. The van der Waals surface area contributed by atoms with Gasteiger partial charge < -0.3 is 9.84 Å². The molecular weight excluding hydrogens is 195 g/mol. The number of benzene rings is 1. The Balaban J connectivity index is 2.64. The van der Waals surface area contributed by atoms with Gasteiger partial charge in [0.25, 0.3) is 0 Å². The zero-order chi connectivity index (χ0) is 11.3. The molecule has 84 valence electrons. The highest BCUT2D eigenvalue weighted by molar-refractivity contribution is 5.19. The van der Waals surface area contributed by atoms with Gasteiger partial charge in [-0.1, -0.05) is 18.2 Å². The fourth-order valence-corrected chi connectivity index (χ4v) is 1.43. The normalized spacial score (nSPS) is 14.9. The van der Waals surface area contributed by atoms with Gasteiger partial charge in [-0.2, -0.15) is 0 Å². The van der Waals surface area contributed by atoms with E-state index in [2.05, 4.69) is 0 Å². The number of rotatable bonds is 5. The summed E-state index contributed by atoms with van der Waals surface area (Å²) in [6.45, 7) is 4.28. The van der Waals surface area contributed by atoms with Crippen LogP contribution in [0.3, 0.4) is 0 Å². The Morgan fingerprint density at radius 2 is 2.07 bits per heavy atom. The van der Waals surface area contributed by atoms with E-state index in [0.29, 0.717) is 12.2 Å². The van der Waals surface area contributed by atoms with E-state index in [1.807, 2.05) is 6.92 Å². The van der Waals surface area contributed by atoms with Crippen molar-refractivity contribution in [1.29, 1.82) is 0 Å². The summed E-state index contributed by atoms with van der Waals surface area (Å²) in [5, 5.41) is 9.93. The first kappa shape index (κ1) is 12.1. The zero-order valence-electron chi connectivity index (χ0n) is 9.16. The minimum absolute atomic E-state index is 0.220. The summed E-state index contributed by atoms with van der Waals surface area (Å²) in [6, 6.07) is 6.47. The van der Waals surface area contributed by atoms with Crippen molar-refractivity contribution in [3.63, 3.8) is 0 Å². The number of hydrogen-bond donors (Lipinski definition) is 1. The molecule has 1 aromatic carbocycles. The first-order valence-corrected chi connectivity index (χ1v) is 5.09. The highest BCUT2D eigenvalue weighted by atomic mass is 19.1. The summed E-state index contributed by atoms with van der Waals surface area (Å²) in [5.74, 6) is -0.283. The molecule has 1 aromatic rings. The summed E-state index contributed by atoms with van der Waals surface area (Å²) in [6.07, 6.45) is 0.264. The van der Waals surface area contributed by atoms with Gasteiger partial charge in [0.1, 0.15) is 5.82 Å². The van der Waals surface area contributed by atoms with Crippen LogP contribution >= 0.6 is 0 Å². The maximum Gasteiger partial charge on any atom is 0.126 e. The maximum atomic E-state index is 13.3. The van der Waals surface area contributed by atoms with Crippen LogP contribution in [0.25, 0.3) is 0 Å². The average Bonchev–Trinajstić information content (AvgIpc) is 2.18. The van der Waals surface area contributed by atoms with Crippen LogP contribution in [0.1, 0.15) is 19.4 Å². The fourth-order valence-electron chi connectivity index (χ4n) is 1.43. The lowest BCUT2D eigenvalue weighted by Crippen LogP contribution is -2.33. The summed E-state index contributed by atoms with van der Waals surface area (Å²) in [5.41, 5.74) is -0.500. The van der Waals surface area contributed by atoms with E-state index < -0.39 is 5.60 Å². The van der Waals surface area contributed by atoms with Crippen LogP contribution in [0.15, 0.2) is 24.3 Å². The second-order valence-electron chi connectivity index (χ2n) is 3.90. The summed E-state index contributed by atoms with van der Waals surface area (Å²) in [7, 11) is 0. The third-order valence-corrected chi connectivity index (χ3v) is 2.15. The van der Waals surface area contributed by atoms with Gasteiger partial charge in [0.15, 0.2) is 0 Å². The number of halogens is 1. The van der Waals surface area contributed by atoms with Gasteiger partial charge in [-0.25, -0.2) is 4.39 Å². The molecule has 0 radical (unpaired) electrons. The fraction of sp³-hybridized carbons (Fsp3) is 0.500. The van der Waals surface area contributed by atoms with E-state index in [0.717, 1.165) is 0 Å². The van der Waals surface area contributed by atoms with Crippen molar-refractivity contribution < 1.29 is 14.2 Å². The van der Waals surface area contributed by atoms with Crippen LogP contribution in [0.2, 0.25) is 0 Å². The Hall–Kier alpha value is -0.930. The van der Waals surface area contributed by atoms with Crippen LogP contribution in [-0.2, 0) is 11.2 Å². The van der Waals surface area contributed by atoms with Crippen LogP contribution < -0.4 is 0 Å². The van der Waals surface area contributed by atoms with E-state index in [1.165, 1.54) is 6.07 Å². The van der Waals surface area contributed by atoms with Crippen molar-refractivity contribution in [3.8, 4) is 0 Å². The lowest BCUT2D eigenvalue weighted by Gasteiger charge is -2.23. The van der Waals surface area contributed by atoms with Crippen LogP contribution in [0.5, 0.6) is 0 Å². The standard InChI is InChI=1S/C12H17FO2/c1-3-15-9-12(2,14)8-10-6-4-5-7-11(10)13/h4-7,14H,3,8-9H2,1-2H3. The van der Waals surface area contributed by atoms with E-state index in [9.17, 15) is 9.50 Å². The second kappa shape index (κ2) is 5.24. The molecule has 0 spiro atoms. The minimum Gasteiger partial charge on any atom is -0.387 e. The van der Waals surface area contributed by atoms with Gasteiger partial charge in [-0.15, -0.1) is 0 Å². The van der Waals surface area contributed by atoms with Crippen LogP contribution in [-0.4, -0.2) is 23.9 Å². The van der Waals surface area contributed by atoms with Gasteiger partial charge in [-0.05, 0) is 25.5 Å². The van der Waals surface area contributed by atoms with Crippen molar-refractivity contribution in [1.82, 2.24) is 0 Å². The molecule has 0 bridgehead atoms. The van der Waals surface area contributed by atoms with E-state index in [1.54, 1.807) is 25.1 Å². The molecule has 0 fully saturated rings. The lowest BCUT2D eigenvalue weighted by molar-refractivity contribution is -0.0301. The summed E-state index contributed by atoms with van der Waals surface area (Å²) in [4.78, 5) is 0. The lowest BCUT2D eigenvalue weighted by atomic mass is 9.97. The van der Waals surface area contributed by atoms with Crippen molar-refractivity contribution >= 4 is 0 Å². The minimum atomic E-state index is -1.02. The third-order valence-electron chi connectivity index (χ3n) is 2.15. The largest absolute Gasteiger partial charge is 0.387 e. The van der Waals surface area contributed by atoms with Crippen molar-refractivity contribution in [3.05, 3.63) is 35.6 Å².